The van der Waals surface area contributed by atoms with Gasteiger partial charge in [-0.15, -0.1) is 0 Å². The Balaban J connectivity index is 1.53. The first kappa shape index (κ1) is 21.4. The van der Waals surface area contributed by atoms with E-state index in [1.54, 1.807) is 12.5 Å². The minimum atomic E-state index is -0.0502. The molecule has 31 heavy (non-hydrogen) atoms. The lowest BCUT2D eigenvalue weighted by Gasteiger charge is -2.39. The standard InChI is InChI=1S/C27H33N3O/c1-18-10-19(2)12-22(11-18)21-6-8-24(9-7-21)30-17-28-16-25(30)26(31)29-23-13-20(3)14-27(4,5)15-23/h6-12,16-17,20,23H,13-15H2,1-5H3,(H,29,31)/t20-,23-/m0/s1. The Morgan fingerprint density at radius 1 is 1.03 bits per heavy atom. The fraction of sp³-hybridized carbons (Fsp3) is 0.407. The molecule has 0 radical (unpaired) electrons. The second kappa shape index (κ2) is 8.33. The van der Waals surface area contributed by atoms with Gasteiger partial charge in [0.1, 0.15) is 5.69 Å². The van der Waals surface area contributed by atoms with E-state index >= 15 is 0 Å². The molecule has 0 spiro atoms. The molecule has 1 aromatic heterocycles. The molecule has 4 heteroatoms. The lowest BCUT2D eigenvalue weighted by atomic mass is 9.70. The summed E-state index contributed by atoms with van der Waals surface area (Å²) < 4.78 is 1.87. The predicted molar refractivity (Wildman–Crippen MR) is 127 cm³/mol. The summed E-state index contributed by atoms with van der Waals surface area (Å²) in [6.07, 6.45) is 6.64. The van der Waals surface area contributed by atoms with Gasteiger partial charge in [-0.2, -0.15) is 0 Å². The number of imidazole rings is 1. The van der Waals surface area contributed by atoms with Crippen molar-refractivity contribution in [3.8, 4) is 16.8 Å². The number of hydrogen-bond acceptors (Lipinski definition) is 2. The van der Waals surface area contributed by atoms with Crippen LogP contribution in [-0.4, -0.2) is 21.5 Å². The highest BCUT2D eigenvalue weighted by Gasteiger charge is 2.33. The molecule has 1 N–H and O–H groups in total. The van der Waals surface area contributed by atoms with Gasteiger partial charge in [0.2, 0.25) is 0 Å². The molecule has 4 nitrogen and oxygen atoms in total. The minimum absolute atomic E-state index is 0.0502. The number of nitrogens with one attached hydrogen (secondary N) is 1. The molecule has 0 saturated heterocycles. The van der Waals surface area contributed by atoms with E-state index in [1.165, 1.54) is 28.7 Å². The zero-order valence-corrected chi connectivity index (χ0v) is 19.3. The van der Waals surface area contributed by atoms with Crippen molar-refractivity contribution in [3.63, 3.8) is 0 Å². The minimum Gasteiger partial charge on any atom is -0.348 e. The molecular formula is C27H33N3O. The topological polar surface area (TPSA) is 46.9 Å². The molecule has 1 amide bonds. The van der Waals surface area contributed by atoms with E-state index in [0.29, 0.717) is 11.6 Å². The van der Waals surface area contributed by atoms with Gasteiger partial charge in [0.25, 0.3) is 5.91 Å². The Morgan fingerprint density at radius 3 is 2.35 bits per heavy atom. The van der Waals surface area contributed by atoms with Crippen LogP contribution in [0.4, 0.5) is 0 Å². The average Bonchev–Trinajstić information content (AvgIpc) is 3.15. The first-order valence-corrected chi connectivity index (χ1v) is 11.2. The molecule has 1 aliphatic carbocycles. The lowest BCUT2D eigenvalue weighted by molar-refractivity contribution is 0.0867. The summed E-state index contributed by atoms with van der Waals surface area (Å²) in [7, 11) is 0. The van der Waals surface area contributed by atoms with Gasteiger partial charge in [-0.25, -0.2) is 4.98 Å². The Kier molecular flexibility index (Phi) is 5.74. The summed E-state index contributed by atoms with van der Waals surface area (Å²) in [5, 5.41) is 3.27. The zero-order chi connectivity index (χ0) is 22.2. The summed E-state index contributed by atoms with van der Waals surface area (Å²) in [4.78, 5) is 17.3. The molecule has 4 rings (SSSR count). The van der Waals surface area contributed by atoms with E-state index in [9.17, 15) is 4.79 Å². The van der Waals surface area contributed by atoms with E-state index in [1.807, 2.05) is 4.57 Å². The first-order chi connectivity index (χ1) is 14.7. The van der Waals surface area contributed by atoms with E-state index in [4.69, 9.17) is 0 Å². The number of amides is 1. The van der Waals surface area contributed by atoms with Crippen LogP contribution in [0.15, 0.2) is 55.0 Å². The number of hydrogen-bond donors (Lipinski definition) is 1. The summed E-state index contributed by atoms with van der Waals surface area (Å²) in [5.41, 5.74) is 6.67. The molecular weight excluding hydrogens is 382 g/mol. The second-order valence-electron chi connectivity index (χ2n) is 10.2. The third-order valence-corrected chi connectivity index (χ3v) is 6.29. The van der Waals surface area contributed by atoms with Crippen molar-refractivity contribution in [3.05, 3.63) is 71.8 Å². The van der Waals surface area contributed by atoms with Crippen LogP contribution < -0.4 is 5.32 Å². The Morgan fingerprint density at radius 2 is 1.71 bits per heavy atom. The largest absolute Gasteiger partial charge is 0.348 e. The maximum atomic E-state index is 13.1. The van der Waals surface area contributed by atoms with Gasteiger partial charge >= 0.3 is 0 Å². The van der Waals surface area contributed by atoms with Crippen molar-refractivity contribution in [2.75, 3.05) is 0 Å². The van der Waals surface area contributed by atoms with Gasteiger partial charge in [-0.05, 0) is 67.7 Å². The molecule has 2 aromatic carbocycles. The van der Waals surface area contributed by atoms with Crippen LogP contribution in [0.2, 0.25) is 0 Å². The zero-order valence-electron chi connectivity index (χ0n) is 19.3. The molecule has 1 fully saturated rings. The van der Waals surface area contributed by atoms with Crippen LogP contribution in [0.25, 0.3) is 16.8 Å². The van der Waals surface area contributed by atoms with Gasteiger partial charge in [0.05, 0.1) is 12.5 Å². The van der Waals surface area contributed by atoms with Gasteiger partial charge < -0.3 is 5.32 Å². The van der Waals surface area contributed by atoms with Crippen LogP contribution >= 0.6 is 0 Å². The molecule has 3 aromatic rings. The van der Waals surface area contributed by atoms with Crippen molar-refractivity contribution in [1.82, 2.24) is 14.9 Å². The molecule has 2 atom stereocenters. The van der Waals surface area contributed by atoms with Gasteiger partial charge in [0.15, 0.2) is 0 Å². The molecule has 162 valence electrons. The van der Waals surface area contributed by atoms with Crippen molar-refractivity contribution in [1.29, 1.82) is 0 Å². The third kappa shape index (κ3) is 4.90. The molecule has 0 aliphatic heterocycles. The second-order valence-corrected chi connectivity index (χ2v) is 10.2. The lowest BCUT2D eigenvalue weighted by Crippen LogP contribution is -2.43. The van der Waals surface area contributed by atoms with Crippen LogP contribution in [0.5, 0.6) is 0 Å². The van der Waals surface area contributed by atoms with Crippen LogP contribution in [0, 0.1) is 25.2 Å². The van der Waals surface area contributed by atoms with Gasteiger partial charge in [-0.1, -0.05) is 62.2 Å². The highest BCUT2D eigenvalue weighted by atomic mass is 16.2. The number of nitrogens with zero attached hydrogens (tertiary/aromatic N) is 2. The summed E-state index contributed by atoms with van der Waals surface area (Å²) >= 11 is 0. The molecule has 1 aliphatic rings. The maximum absolute atomic E-state index is 13.1. The third-order valence-electron chi connectivity index (χ3n) is 6.29. The number of benzene rings is 2. The van der Waals surface area contributed by atoms with E-state index < -0.39 is 0 Å². The van der Waals surface area contributed by atoms with Crippen LogP contribution in [-0.2, 0) is 0 Å². The fourth-order valence-corrected chi connectivity index (χ4v) is 5.34. The van der Waals surface area contributed by atoms with Crippen LogP contribution in [0.3, 0.4) is 0 Å². The van der Waals surface area contributed by atoms with Crippen molar-refractivity contribution in [2.24, 2.45) is 11.3 Å². The smallest absolute Gasteiger partial charge is 0.270 e. The molecule has 0 bridgehead atoms. The highest BCUT2D eigenvalue weighted by Crippen LogP contribution is 2.38. The van der Waals surface area contributed by atoms with E-state index in [0.717, 1.165) is 18.5 Å². The summed E-state index contributed by atoms with van der Waals surface area (Å²) in [6.45, 7) is 11.1. The van der Waals surface area contributed by atoms with Gasteiger partial charge in [0, 0.05) is 11.7 Å². The number of aromatic nitrogens is 2. The van der Waals surface area contributed by atoms with Crippen molar-refractivity contribution >= 4 is 5.91 Å². The van der Waals surface area contributed by atoms with E-state index in [-0.39, 0.29) is 17.4 Å². The average molecular weight is 416 g/mol. The Labute approximate surface area is 185 Å². The maximum Gasteiger partial charge on any atom is 0.270 e. The Bertz CT molecular complexity index is 1060. The number of carbonyl (C=O) groups excluding carboxylic acids is 1. The van der Waals surface area contributed by atoms with Crippen molar-refractivity contribution in [2.45, 2.75) is 59.9 Å². The summed E-state index contributed by atoms with van der Waals surface area (Å²) in [6, 6.07) is 15.1. The fourth-order valence-electron chi connectivity index (χ4n) is 5.34. The Hall–Kier alpha value is -2.88. The normalized spacial score (nSPS) is 20.4. The monoisotopic (exact) mass is 415 g/mol. The van der Waals surface area contributed by atoms with Gasteiger partial charge in [-0.3, -0.25) is 9.36 Å². The first-order valence-electron chi connectivity index (χ1n) is 11.2. The number of rotatable bonds is 4. The van der Waals surface area contributed by atoms with E-state index in [2.05, 4.69) is 87.4 Å². The SMILES string of the molecule is Cc1cc(C)cc(-c2ccc(-n3cncc3C(=O)N[C@H]3C[C@H](C)CC(C)(C)C3)cc2)c1. The predicted octanol–water partition coefficient (Wildman–Crippen LogP) is 6.10. The van der Waals surface area contributed by atoms with Crippen LogP contribution in [0.1, 0.15) is 61.6 Å². The molecule has 1 saturated carbocycles. The summed E-state index contributed by atoms with van der Waals surface area (Å²) in [5.74, 6) is 0.572. The quantitative estimate of drug-likeness (QED) is 0.559. The number of carbonyl (C=O) groups is 1. The molecule has 0 unspecified atom stereocenters. The highest BCUT2D eigenvalue weighted by molar-refractivity contribution is 5.93. The number of aryl methyl sites for hydroxylation is 2. The van der Waals surface area contributed by atoms with Crippen molar-refractivity contribution < 1.29 is 4.79 Å². The molecule has 1 heterocycles.